The number of nitrogens with two attached hydrogens (primary N) is 1. The highest BCUT2D eigenvalue weighted by Gasteiger charge is 2.13. The van der Waals surface area contributed by atoms with Crippen LogP contribution in [0.2, 0.25) is 0 Å². The SMILES string of the molecule is Cc1ccc(-c2cc(N)no2)cc1C(F)F. The minimum Gasteiger partial charge on any atom is -0.381 e. The summed E-state index contributed by atoms with van der Waals surface area (Å²) >= 11 is 0. The molecule has 2 rings (SSSR count). The number of nitrogens with zero attached hydrogens (tertiary/aromatic N) is 1. The molecule has 0 radical (unpaired) electrons. The molecule has 5 heteroatoms. The normalized spacial score (nSPS) is 11.0. The van der Waals surface area contributed by atoms with Gasteiger partial charge in [0.2, 0.25) is 0 Å². The van der Waals surface area contributed by atoms with E-state index in [1.54, 1.807) is 19.1 Å². The molecular formula is C11H10F2N2O. The third-order valence-corrected chi connectivity index (χ3v) is 2.33. The summed E-state index contributed by atoms with van der Waals surface area (Å²) in [7, 11) is 0. The van der Waals surface area contributed by atoms with Gasteiger partial charge in [-0.1, -0.05) is 17.3 Å². The van der Waals surface area contributed by atoms with Crippen molar-refractivity contribution >= 4 is 5.82 Å². The van der Waals surface area contributed by atoms with Gasteiger partial charge in [0.15, 0.2) is 11.6 Å². The van der Waals surface area contributed by atoms with E-state index in [-0.39, 0.29) is 11.4 Å². The number of benzene rings is 1. The maximum absolute atomic E-state index is 12.7. The molecule has 0 atom stereocenters. The Morgan fingerprint density at radius 3 is 2.62 bits per heavy atom. The van der Waals surface area contributed by atoms with Crippen LogP contribution in [-0.2, 0) is 0 Å². The Bertz CT molecular complexity index is 508. The number of rotatable bonds is 2. The van der Waals surface area contributed by atoms with Crippen molar-refractivity contribution in [1.82, 2.24) is 5.16 Å². The van der Waals surface area contributed by atoms with Gasteiger partial charge in [-0.25, -0.2) is 8.78 Å². The first kappa shape index (κ1) is 10.6. The van der Waals surface area contributed by atoms with Gasteiger partial charge in [-0.05, 0) is 18.6 Å². The maximum Gasteiger partial charge on any atom is 0.264 e. The van der Waals surface area contributed by atoms with Crippen LogP contribution in [-0.4, -0.2) is 5.16 Å². The molecule has 0 spiro atoms. The smallest absolute Gasteiger partial charge is 0.264 e. The van der Waals surface area contributed by atoms with Gasteiger partial charge in [0.25, 0.3) is 6.43 Å². The zero-order valence-electron chi connectivity index (χ0n) is 8.58. The van der Waals surface area contributed by atoms with Crippen molar-refractivity contribution in [1.29, 1.82) is 0 Å². The Labute approximate surface area is 90.9 Å². The molecule has 0 aliphatic rings. The lowest BCUT2D eigenvalue weighted by Gasteiger charge is -2.05. The van der Waals surface area contributed by atoms with Crippen molar-refractivity contribution in [3.05, 3.63) is 35.4 Å². The maximum atomic E-state index is 12.7. The number of halogens is 2. The van der Waals surface area contributed by atoms with Gasteiger partial charge >= 0.3 is 0 Å². The van der Waals surface area contributed by atoms with Gasteiger partial charge in [0.05, 0.1) is 0 Å². The molecule has 1 heterocycles. The summed E-state index contributed by atoms with van der Waals surface area (Å²) in [6, 6.07) is 6.20. The van der Waals surface area contributed by atoms with Crippen LogP contribution in [0.25, 0.3) is 11.3 Å². The molecule has 3 nitrogen and oxygen atoms in total. The van der Waals surface area contributed by atoms with Crippen molar-refractivity contribution in [3.63, 3.8) is 0 Å². The van der Waals surface area contributed by atoms with Crippen LogP contribution in [0.15, 0.2) is 28.8 Å². The number of aryl methyl sites for hydroxylation is 1. The van der Waals surface area contributed by atoms with Crippen molar-refractivity contribution in [2.24, 2.45) is 0 Å². The fraction of sp³-hybridized carbons (Fsp3) is 0.182. The predicted octanol–water partition coefficient (Wildman–Crippen LogP) is 3.17. The number of anilines is 1. The van der Waals surface area contributed by atoms with E-state index < -0.39 is 6.43 Å². The number of hydrogen-bond donors (Lipinski definition) is 1. The van der Waals surface area contributed by atoms with Crippen LogP contribution in [0.4, 0.5) is 14.6 Å². The van der Waals surface area contributed by atoms with E-state index in [4.69, 9.17) is 10.3 Å². The molecule has 2 N–H and O–H groups in total. The van der Waals surface area contributed by atoms with Gasteiger partial charge in [0.1, 0.15) is 0 Å². The van der Waals surface area contributed by atoms with Crippen LogP contribution in [0, 0.1) is 6.92 Å². The van der Waals surface area contributed by atoms with Gasteiger partial charge < -0.3 is 10.3 Å². The van der Waals surface area contributed by atoms with E-state index in [2.05, 4.69) is 5.16 Å². The van der Waals surface area contributed by atoms with Crippen LogP contribution < -0.4 is 5.73 Å². The molecule has 0 unspecified atom stereocenters. The lowest BCUT2D eigenvalue weighted by molar-refractivity contribution is 0.150. The minimum absolute atomic E-state index is 0.00697. The second-order valence-corrected chi connectivity index (χ2v) is 3.49. The zero-order valence-corrected chi connectivity index (χ0v) is 8.58. The summed E-state index contributed by atoms with van der Waals surface area (Å²) in [5, 5.41) is 3.51. The lowest BCUT2D eigenvalue weighted by Crippen LogP contribution is -1.90. The average molecular weight is 224 g/mol. The Balaban J connectivity index is 2.47. The summed E-state index contributed by atoms with van der Waals surface area (Å²) < 4.78 is 30.2. The standard InChI is InChI=1S/C11H10F2N2O/c1-6-2-3-7(4-8(6)11(12)13)9-5-10(14)15-16-9/h2-5,11H,1H3,(H2,14,15). The molecule has 0 bridgehead atoms. The topological polar surface area (TPSA) is 52.0 Å². The number of alkyl halides is 2. The lowest BCUT2D eigenvalue weighted by atomic mass is 10.0. The summed E-state index contributed by atoms with van der Waals surface area (Å²) in [5.41, 5.74) is 6.48. The first-order chi connectivity index (χ1) is 7.58. The first-order valence-corrected chi connectivity index (χ1v) is 4.69. The number of aromatic nitrogens is 1. The fourth-order valence-electron chi connectivity index (χ4n) is 1.45. The highest BCUT2D eigenvalue weighted by Crippen LogP contribution is 2.29. The van der Waals surface area contributed by atoms with E-state index in [9.17, 15) is 8.78 Å². The molecule has 1 aromatic heterocycles. The minimum atomic E-state index is -2.50. The van der Waals surface area contributed by atoms with Crippen molar-refractivity contribution in [2.45, 2.75) is 13.3 Å². The molecule has 84 valence electrons. The van der Waals surface area contributed by atoms with E-state index in [1.165, 1.54) is 12.1 Å². The highest BCUT2D eigenvalue weighted by molar-refractivity contribution is 5.61. The summed E-state index contributed by atoms with van der Waals surface area (Å²) in [6.07, 6.45) is -2.50. The molecular weight excluding hydrogens is 214 g/mol. The first-order valence-electron chi connectivity index (χ1n) is 4.69. The molecule has 0 aliphatic carbocycles. The van der Waals surface area contributed by atoms with Gasteiger partial charge in [0, 0.05) is 17.2 Å². The molecule has 0 fully saturated rings. The van der Waals surface area contributed by atoms with Gasteiger partial charge in [-0.2, -0.15) is 0 Å². The Hall–Kier alpha value is -1.91. The number of nitrogen functional groups attached to an aromatic ring is 1. The molecule has 0 aliphatic heterocycles. The van der Waals surface area contributed by atoms with Gasteiger partial charge in [-0.15, -0.1) is 0 Å². The summed E-state index contributed by atoms with van der Waals surface area (Å²) in [5.74, 6) is 0.619. The zero-order chi connectivity index (χ0) is 11.7. The second-order valence-electron chi connectivity index (χ2n) is 3.49. The van der Waals surface area contributed by atoms with Gasteiger partial charge in [-0.3, -0.25) is 0 Å². The molecule has 0 saturated heterocycles. The van der Waals surface area contributed by atoms with E-state index in [0.29, 0.717) is 16.9 Å². The van der Waals surface area contributed by atoms with Crippen molar-refractivity contribution in [3.8, 4) is 11.3 Å². The quantitative estimate of drug-likeness (QED) is 0.852. The number of hydrogen-bond acceptors (Lipinski definition) is 3. The largest absolute Gasteiger partial charge is 0.381 e. The van der Waals surface area contributed by atoms with E-state index in [1.807, 2.05) is 0 Å². The summed E-state index contributed by atoms with van der Waals surface area (Å²) in [6.45, 7) is 1.64. The predicted molar refractivity (Wildman–Crippen MR) is 56.0 cm³/mol. The molecule has 16 heavy (non-hydrogen) atoms. The fourth-order valence-corrected chi connectivity index (χ4v) is 1.45. The molecule has 0 saturated carbocycles. The third kappa shape index (κ3) is 1.88. The Morgan fingerprint density at radius 1 is 1.31 bits per heavy atom. The molecule has 1 aromatic carbocycles. The Kier molecular flexibility index (Phi) is 2.60. The third-order valence-electron chi connectivity index (χ3n) is 2.33. The molecule has 2 aromatic rings. The monoisotopic (exact) mass is 224 g/mol. The summed E-state index contributed by atoms with van der Waals surface area (Å²) in [4.78, 5) is 0. The van der Waals surface area contributed by atoms with Crippen LogP contribution in [0.1, 0.15) is 17.6 Å². The van der Waals surface area contributed by atoms with Crippen molar-refractivity contribution < 1.29 is 13.3 Å². The van der Waals surface area contributed by atoms with Crippen LogP contribution in [0.5, 0.6) is 0 Å². The van der Waals surface area contributed by atoms with Crippen LogP contribution in [0.3, 0.4) is 0 Å². The second kappa shape index (κ2) is 3.92. The van der Waals surface area contributed by atoms with Crippen molar-refractivity contribution in [2.75, 3.05) is 5.73 Å². The van der Waals surface area contributed by atoms with Crippen LogP contribution >= 0.6 is 0 Å². The Morgan fingerprint density at radius 2 is 2.06 bits per heavy atom. The average Bonchev–Trinajstić information content (AvgIpc) is 2.65. The van der Waals surface area contributed by atoms with E-state index >= 15 is 0 Å². The molecule has 0 amide bonds. The highest BCUT2D eigenvalue weighted by atomic mass is 19.3. The van der Waals surface area contributed by atoms with E-state index in [0.717, 1.165) is 0 Å².